The van der Waals surface area contributed by atoms with E-state index >= 15 is 0 Å². The van der Waals surface area contributed by atoms with Crippen LogP contribution in [0.2, 0.25) is 0 Å². The van der Waals surface area contributed by atoms with Crippen molar-refractivity contribution in [3.05, 3.63) is 0 Å². The van der Waals surface area contributed by atoms with Gasteiger partial charge in [-0.25, -0.2) is 0 Å². The molecule has 1 N–H and O–H groups in total. The molecule has 0 saturated heterocycles. The van der Waals surface area contributed by atoms with Gasteiger partial charge in [-0.1, -0.05) is 0 Å². The van der Waals surface area contributed by atoms with Gasteiger partial charge in [-0.2, -0.15) is 12.6 Å². The molecular formula is C6H13NO2S2. The smallest absolute Gasteiger partial charge is 0.229 e. The number of hydrogen-bond donors (Lipinski definition) is 2. The normalized spacial score (nSPS) is 12.5. The average Bonchev–Trinajstić information content (AvgIpc) is 1.97. The molecule has 5 heteroatoms. The van der Waals surface area contributed by atoms with Crippen LogP contribution in [0.25, 0.3) is 0 Å². The Bertz CT molecular complexity index is 150. The van der Waals surface area contributed by atoms with E-state index in [-0.39, 0.29) is 11.7 Å². The van der Waals surface area contributed by atoms with Gasteiger partial charge < -0.3 is 5.32 Å². The fraction of sp³-hybridized carbons (Fsp3) is 0.833. The quantitative estimate of drug-likeness (QED) is 0.471. The van der Waals surface area contributed by atoms with E-state index in [4.69, 9.17) is 0 Å². The molecule has 0 aromatic rings. The Morgan fingerprint density at radius 1 is 1.64 bits per heavy atom. The monoisotopic (exact) mass is 195 g/mol. The summed E-state index contributed by atoms with van der Waals surface area (Å²) in [6.45, 7) is 0.596. The van der Waals surface area contributed by atoms with E-state index in [0.717, 1.165) is 6.42 Å². The van der Waals surface area contributed by atoms with Gasteiger partial charge in [0.15, 0.2) is 0 Å². The molecule has 66 valence electrons. The second-order valence-electron chi connectivity index (χ2n) is 2.14. The lowest BCUT2D eigenvalue weighted by atomic mass is 10.5. The predicted molar refractivity (Wildman–Crippen MR) is 50.4 cm³/mol. The molecule has 0 aromatic heterocycles. The van der Waals surface area contributed by atoms with Crippen molar-refractivity contribution in [1.29, 1.82) is 0 Å². The highest BCUT2D eigenvalue weighted by Crippen LogP contribution is 1.82. The summed E-state index contributed by atoms with van der Waals surface area (Å²) < 4.78 is 10.5. The summed E-state index contributed by atoms with van der Waals surface area (Å²) in [7, 11) is -0.753. The Kier molecular flexibility index (Phi) is 6.65. The van der Waals surface area contributed by atoms with Crippen LogP contribution in [0.3, 0.4) is 0 Å². The van der Waals surface area contributed by atoms with Crippen LogP contribution >= 0.6 is 12.6 Å². The van der Waals surface area contributed by atoms with Crippen LogP contribution in [-0.2, 0) is 15.6 Å². The predicted octanol–water partition coefficient (Wildman–Crippen LogP) is -0.199. The lowest BCUT2D eigenvalue weighted by Crippen LogP contribution is -2.26. The first-order valence-corrected chi connectivity index (χ1v) is 5.70. The molecular weight excluding hydrogens is 182 g/mol. The maximum absolute atomic E-state index is 10.6. The van der Waals surface area contributed by atoms with Crippen molar-refractivity contribution < 1.29 is 9.00 Å². The van der Waals surface area contributed by atoms with Crippen molar-refractivity contribution in [3.8, 4) is 0 Å². The number of hydrogen-bond acceptors (Lipinski definition) is 3. The number of nitrogens with one attached hydrogen (secondary N) is 1. The van der Waals surface area contributed by atoms with Gasteiger partial charge in [-0.15, -0.1) is 0 Å². The molecule has 1 atom stereocenters. The van der Waals surface area contributed by atoms with Gasteiger partial charge in [-0.3, -0.25) is 9.00 Å². The van der Waals surface area contributed by atoms with Gasteiger partial charge in [0.1, 0.15) is 0 Å². The second kappa shape index (κ2) is 6.67. The first-order chi connectivity index (χ1) is 5.16. The van der Waals surface area contributed by atoms with E-state index in [9.17, 15) is 9.00 Å². The van der Waals surface area contributed by atoms with Gasteiger partial charge in [0, 0.05) is 29.4 Å². The maximum Gasteiger partial charge on any atom is 0.229 e. The van der Waals surface area contributed by atoms with Crippen molar-refractivity contribution >= 4 is 29.3 Å². The highest BCUT2D eigenvalue weighted by molar-refractivity contribution is 7.84. The SMILES string of the molecule is CS(=O)CCCNC(=O)CS. The van der Waals surface area contributed by atoms with Gasteiger partial charge in [0.25, 0.3) is 0 Å². The molecule has 0 bridgehead atoms. The third kappa shape index (κ3) is 7.87. The Labute approximate surface area is 74.8 Å². The molecule has 0 saturated carbocycles. The molecule has 0 heterocycles. The first-order valence-electron chi connectivity index (χ1n) is 3.34. The molecule has 0 rings (SSSR count). The molecule has 0 fully saturated rings. The zero-order valence-corrected chi connectivity index (χ0v) is 8.21. The summed E-state index contributed by atoms with van der Waals surface area (Å²) in [6, 6.07) is 0. The van der Waals surface area contributed by atoms with Crippen LogP contribution in [0.5, 0.6) is 0 Å². The van der Waals surface area contributed by atoms with Crippen molar-refractivity contribution in [2.24, 2.45) is 0 Å². The molecule has 0 aliphatic rings. The molecule has 1 amide bonds. The van der Waals surface area contributed by atoms with Crippen molar-refractivity contribution in [2.75, 3.05) is 24.3 Å². The van der Waals surface area contributed by atoms with E-state index in [0.29, 0.717) is 12.3 Å². The molecule has 0 aliphatic carbocycles. The van der Waals surface area contributed by atoms with E-state index in [2.05, 4.69) is 17.9 Å². The summed E-state index contributed by atoms with van der Waals surface area (Å²) in [5.74, 6) is 0.789. The van der Waals surface area contributed by atoms with Crippen LogP contribution in [-0.4, -0.2) is 34.4 Å². The third-order valence-corrected chi connectivity index (χ3v) is 2.23. The van der Waals surface area contributed by atoms with E-state index in [1.165, 1.54) is 0 Å². The van der Waals surface area contributed by atoms with Crippen LogP contribution in [0.1, 0.15) is 6.42 Å². The maximum atomic E-state index is 10.6. The lowest BCUT2D eigenvalue weighted by Gasteiger charge is -2.00. The van der Waals surface area contributed by atoms with Crippen molar-refractivity contribution in [1.82, 2.24) is 5.32 Å². The van der Waals surface area contributed by atoms with Crippen LogP contribution < -0.4 is 5.32 Å². The molecule has 0 radical (unpaired) electrons. The van der Waals surface area contributed by atoms with Crippen LogP contribution in [0.15, 0.2) is 0 Å². The number of thiol groups is 1. The number of carbonyl (C=O) groups is 1. The summed E-state index contributed by atoms with van der Waals surface area (Å²) in [5, 5.41) is 2.64. The van der Waals surface area contributed by atoms with Gasteiger partial charge in [-0.05, 0) is 6.42 Å². The largest absolute Gasteiger partial charge is 0.355 e. The summed E-state index contributed by atoms with van der Waals surface area (Å²) >= 11 is 3.79. The molecule has 3 nitrogen and oxygen atoms in total. The van der Waals surface area contributed by atoms with Crippen LogP contribution in [0, 0.1) is 0 Å². The minimum absolute atomic E-state index is 0.0739. The summed E-state index contributed by atoms with van der Waals surface area (Å²) in [5.41, 5.74) is 0. The Hall–Kier alpha value is -0.0300. The first kappa shape index (κ1) is 11.0. The fourth-order valence-electron chi connectivity index (χ4n) is 0.559. The van der Waals surface area contributed by atoms with E-state index in [1.54, 1.807) is 6.26 Å². The van der Waals surface area contributed by atoms with Crippen molar-refractivity contribution in [2.45, 2.75) is 6.42 Å². The minimum Gasteiger partial charge on any atom is -0.355 e. The zero-order valence-electron chi connectivity index (χ0n) is 6.50. The van der Waals surface area contributed by atoms with E-state index in [1.807, 2.05) is 0 Å². The summed E-state index contributed by atoms with van der Waals surface area (Å²) in [6.07, 6.45) is 2.42. The molecule has 0 aliphatic heterocycles. The Morgan fingerprint density at radius 2 is 2.27 bits per heavy atom. The van der Waals surface area contributed by atoms with Crippen LogP contribution in [0.4, 0.5) is 0 Å². The molecule has 0 spiro atoms. The molecule has 11 heavy (non-hydrogen) atoms. The highest BCUT2D eigenvalue weighted by atomic mass is 32.2. The van der Waals surface area contributed by atoms with Gasteiger partial charge in [0.2, 0.25) is 5.91 Å². The second-order valence-corrected chi connectivity index (χ2v) is 4.01. The zero-order chi connectivity index (χ0) is 8.69. The summed E-state index contributed by atoms with van der Waals surface area (Å²) in [4.78, 5) is 10.6. The molecule has 1 unspecified atom stereocenters. The number of amides is 1. The Balaban J connectivity index is 3.14. The third-order valence-electron chi connectivity index (χ3n) is 1.07. The highest BCUT2D eigenvalue weighted by Gasteiger charge is 1.95. The van der Waals surface area contributed by atoms with Gasteiger partial charge in [0.05, 0.1) is 5.75 Å². The molecule has 0 aromatic carbocycles. The Morgan fingerprint density at radius 3 is 2.73 bits per heavy atom. The lowest BCUT2D eigenvalue weighted by molar-refractivity contribution is -0.118. The van der Waals surface area contributed by atoms with E-state index < -0.39 is 10.8 Å². The fourth-order valence-corrected chi connectivity index (χ4v) is 1.22. The standard InChI is InChI=1S/C6H13NO2S2/c1-11(9)4-2-3-7-6(8)5-10/h10H,2-5H2,1H3,(H,7,8). The van der Waals surface area contributed by atoms with Gasteiger partial charge >= 0.3 is 0 Å². The topological polar surface area (TPSA) is 46.2 Å². The minimum atomic E-state index is -0.753. The number of carbonyl (C=O) groups excluding carboxylic acids is 1. The van der Waals surface area contributed by atoms with Crippen molar-refractivity contribution in [3.63, 3.8) is 0 Å². The number of rotatable bonds is 5. The average molecular weight is 195 g/mol.